The van der Waals surface area contributed by atoms with E-state index in [-0.39, 0.29) is 23.3 Å². The number of hydrogen-bond acceptors (Lipinski definition) is 4. The first-order chi connectivity index (χ1) is 13.9. The van der Waals surface area contributed by atoms with Gasteiger partial charge in [0, 0.05) is 6.54 Å². The number of carbonyl (C=O) groups is 1. The van der Waals surface area contributed by atoms with Gasteiger partial charge in [0.15, 0.2) is 5.16 Å². The minimum atomic E-state index is -0.123. The van der Waals surface area contributed by atoms with E-state index in [0.717, 1.165) is 5.56 Å². The van der Waals surface area contributed by atoms with Crippen LogP contribution < -0.4 is 10.9 Å². The summed E-state index contributed by atoms with van der Waals surface area (Å²) in [4.78, 5) is 29.9. The molecule has 0 saturated carbocycles. The highest BCUT2D eigenvalue weighted by Gasteiger charge is 2.14. The average Bonchev–Trinajstić information content (AvgIpc) is 2.71. The van der Waals surface area contributed by atoms with Gasteiger partial charge in [-0.25, -0.2) is 4.98 Å². The van der Waals surface area contributed by atoms with Gasteiger partial charge in [0.1, 0.15) is 0 Å². The van der Waals surface area contributed by atoms with Gasteiger partial charge in [-0.3, -0.25) is 14.2 Å². The summed E-state index contributed by atoms with van der Waals surface area (Å²) in [5.74, 6) is 0.0742. The lowest BCUT2D eigenvalue weighted by atomic mass is 10.0. The molecule has 5 nitrogen and oxygen atoms in total. The average molecular weight is 408 g/mol. The molecule has 1 N–H and O–H groups in total. The van der Waals surface area contributed by atoms with Gasteiger partial charge in [0.05, 0.1) is 22.7 Å². The van der Waals surface area contributed by atoms with E-state index >= 15 is 0 Å². The minimum Gasteiger partial charge on any atom is -0.349 e. The van der Waals surface area contributed by atoms with Crippen molar-refractivity contribution in [1.29, 1.82) is 0 Å². The van der Waals surface area contributed by atoms with E-state index in [1.54, 1.807) is 22.8 Å². The van der Waals surface area contributed by atoms with Crippen LogP contribution in [0, 0.1) is 13.8 Å². The van der Waals surface area contributed by atoms with Gasteiger partial charge in [0.25, 0.3) is 5.56 Å². The fourth-order valence-corrected chi connectivity index (χ4v) is 3.90. The van der Waals surface area contributed by atoms with Crippen molar-refractivity contribution in [3.05, 3.63) is 82.2 Å². The summed E-state index contributed by atoms with van der Waals surface area (Å²) in [5, 5.41) is 4.10. The maximum Gasteiger partial charge on any atom is 0.262 e. The van der Waals surface area contributed by atoms with E-state index in [1.807, 2.05) is 25.1 Å². The lowest BCUT2D eigenvalue weighted by molar-refractivity contribution is -0.119. The summed E-state index contributed by atoms with van der Waals surface area (Å²) in [6.45, 7) is 10.2. The Labute approximate surface area is 174 Å². The van der Waals surface area contributed by atoms with Crippen LogP contribution in [0.2, 0.25) is 0 Å². The standard InChI is InChI=1S/C23H25N3O2S/c1-5-12-26-22(28)19-8-6-7-9-20(19)25-23(26)29-14-21(27)24-17(4)18-11-10-15(2)16(3)13-18/h5-11,13,17H,1,12,14H2,2-4H3,(H,24,27)/t17-/m0/s1. The highest BCUT2D eigenvalue weighted by molar-refractivity contribution is 7.99. The van der Waals surface area contributed by atoms with Gasteiger partial charge in [-0.2, -0.15) is 0 Å². The molecule has 0 aliphatic rings. The van der Waals surface area contributed by atoms with Crippen LogP contribution in [0.25, 0.3) is 10.9 Å². The van der Waals surface area contributed by atoms with Crippen molar-refractivity contribution >= 4 is 28.6 Å². The summed E-state index contributed by atoms with van der Waals surface area (Å²) in [5.41, 5.74) is 4.00. The Balaban J connectivity index is 1.74. The summed E-state index contributed by atoms with van der Waals surface area (Å²) >= 11 is 1.26. The number of amides is 1. The quantitative estimate of drug-likeness (QED) is 0.363. The van der Waals surface area contributed by atoms with Crippen LogP contribution in [0.5, 0.6) is 0 Å². The Morgan fingerprint density at radius 1 is 1.24 bits per heavy atom. The first-order valence-corrected chi connectivity index (χ1v) is 10.5. The number of nitrogens with one attached hydrogen (secondary N) is 1. The Morgan fingerprint density at radius 3 is 2.72 bits per heavy atom. The Bertz CT molecular complexity index is 1120. The molecule has 0 radical (unpaired) electrons. The molecule has 150 valence electrons. The first kappa shape index (κ1) is 20.9. The van der Waals surface area contributed by atoms with E-state index in [2.05, 4.69) is 42.9 Å². The SMILES string of the molecule is C=CCn1c(SCC(=O)N[C@@H](C)c2ccc(C)c(C)c2)nc2ccccc2c1=O. The van der Waals surface area contributed by atoms with Crippen LogP contribution in [0.4, 0.5) is 0 Å². The number of aromatic nitrogens is 2. The minimum absolute atomic E-state index is 0.0951. The van der Waals surface area contributed by atoms with Crippen molar-refractivity contribution in [2.24, 2.45) is 0 Å². The third-order valence-corrected chi connectivity index (χ3v) is 5.86. The van der Waals surface area contributed by atoms with E-state index in [1.165, 1.54) is 22.9 Å². The van der Waals surface area contributed by atoms with Crippen LogP contribution in [0.15, 0.2) is 65.1 Å². The predicted molar refractivity (Wildman–Crippen MR) is 119 cm³/mol. The van der Waals surface area contributed by atoms with E-state index in [4.69, 9.17) is 0 Å². The van der Waals surface area contributed by atoms with E-state index in [9.17, 15) is 9.59 Å². The Hall–Kier alpha value is -2.86. The second-order valence-corrected chi connectivity index (χ2v) is 7.98. The van der Waals surface area contributed by atoms with Crippen molar-refractivity contribution in [2.75, 3.05) is 5.75 Å². The molecule has 0 fully saturated rings. The molecule has 1 amide bonds. The summed E-state index contributed by atoms with van der Waals surface area (Å²) in [6.07, 6.45) is 1.66. The predicted octanol–water partition coefficient (Wildman–Crippen LogP) is 4.17. The molecule has 3 rings (SSSR count). The first-order valence-electron chi connectivity index (χ1n) is 9.50. The summed E-state index contributed by atoms with van der Waals surface area (Å²) in [7, 11) is 0. The number of fused-ring (bicyclic) bond motifs is 1. The largest absolute Gasteiger partial charge is 0.349 e. The van der Waals surface area contributed by atoms with E-state index < -0.39 is 0 Å². The lowest BCUT2D eigenvalue weighted by Crippen LogP contribution is -2.29. The Morgan fingerprint density at radius 2 is 2.00 bits per heavy atom. The number of thioether (sulfide) groups is 1. The molecular weight excluding hydrogens is 382 g/mol. The van der Waals surface area contributed by atoms with Crippen LogP contribution >= 0.6 is 11.8 Å². The number of nitrogens with zero attached hydrogens (tertiary/aromatic N) is 2. The van der Waals surface area contributed by atoms with Crippen LogP contribution in [0.3, 0.4) is 0 Å². The summed E-state index contributed by atoms with van der Waals surface area (Å²) < 4.78 is 1.56. The number of allylic oxidation sites excluding steroid dienone is 1. The van der Waals surface area contributed by atoms with Gasteiger partial charge in [-0.15, -0.1) is 6.58 Å². The molecular formula is C23H25N3O2S. The molecule has 1 heterocycles. The van der Waals surface area contributed by atoms with E-state index in [0.29, 0.717) is 22.6 Å². The van der Waals surface area contributed by atoms with Gasteiger partial charge < -0.3 is 5.32 Å². The van der Waals surface area contributed by atoms with Crippen LogP contribution in [-0.2, 0) is 11.3 Å². The molecule has 2 aromatic carbocycles. The molecule has 1 atom stereocenters. The van der Waals surface area contributed by atoms with Crippen molar-refractivity contribution in [3.8, 4) is 0 Å². The molecule has 0 aliphatic carbocycles. The molecule has 6 heteroatoms. The molecule has 29 heavy (non-hydrogen) atoms. The monoisotopic (exact) mass is 407 g/mol. The zero-order valence-corrected chi connectivity index (χ0v) is 17.8. The fourth-order valence-electron chi connectivity index (χ4n) is 3.08. The molecule has 1 aromatic heterocycles. The van der Waals surface area contributed by atoms with Gasteiger partial charge in [0.2, 0.25) is 5.91 Å². The normalized spacial score (nSPS) is 12.0. The van der Waals surface area contributed by atoms with Crippen molar-refractivity contribution in [3.63, 3.8) is 0 Å². The number of aryl methyl sites for hydroxylation is 2. The number of benzene rings is 2. The highest BCUT2D eigenvalue weighted by atomic mass is 32.2. The summed E-state index contributed by atoms with van der Waals surface area (Å²) in [6, 6.07) is 13.3. The van der Waals surface area contributed by atoms with Crippen molar-refractivity contribution in [2.45, 2.75) is 38.5 Å². The van der Waals surface area contributed by atoms with Crippen LogP contribution in [0.1, 0.15) is 29.7 Å². The molecule has 0 aliphatic heterocycles. The van der Waals surface area contributed by atoms with Gasteiger partial charge >= 0.3 is 0 Å². The third-order valence-electron chi connectivity index (χ3n) is 4.88. The third kappa shape index (κ3) is 4.77. The second kappa shape index (κ2) is 9.09. The topological polar surface area (TPSA) is 64.0 Å². The molecule has 0 spiro atoms. The lowest BCUT2D eigenvalue weighted by Gasteiger charge is -2.16. The number of rotatable bonds is 7. The maximum absolute atomic E-state index is 12.8. The maximum atomic E-state index is 12.8. The van der Waals surface area contributed by atoms with Crippen molar-refractivity contribution < 1.29 is 4.79 Å². The zero-order valence-electron chi connectivity index (χ0n) is 16.9. The Kier molecular flexibility index (Phi) is 6.54. The van der Waals surface area contributed by atoms with Gasteiger partial charge in [-0.1, -0.05) is 48.2 Å². The smallest absolute Gasteiger partial charge is 0.262 e. The fraction of sp³-hybridized carbons (Fsp3) is 0.261. The van der Waals surface area contributed by atoms with Crippen molar-refractivity contribution in [1.82, 2.24) is 14.9 Å². The van der Waals surface area contributed by atoms with Crippen LogP contribution in [-0.4, -0.2) is 21.2 Å². The highest BCUT2D eigenvalue weighted by Crippen LogP contribution is 2.20. The molecule has 3 aromatic rings. The number of hydrogen-bond donors (Lipinski definition) is 1. The zero-order chi connectivity index (χ0) is 21.0. The van der Waals surface area contributed by atoms with Gasteiger partial charge in [-0.05, 0) is 49.6 Å². The number of carbonyl (C=O) groups excluding carboxylic acids is 1. The second-order valence-electron chi connectivity index (χ2n) is 7.04. The molecule has 0 saturated heterocycles. The molecule has 0 unspecified atom stereocenters. The number of para-hydroxylation sites is 1. The molecule has 0 bridgehead atoms.